The molecule has 14 heteroatoms. The van der Waals surface area contributed by atoms with E-state index < -0.39 is 72.4 Å². The van der Waals surface area contributed by atoms with E-state index in [0.717, 1.165) is 0 Å². The Labute approximate surface area is 258 Å². The van der Waals surface area contributed by atoms with Crippen LogP contribution in [0.4, 0.5) is 22.0 Å². The Hall–Kier alpha value is -1.82. The van der Waals surface area contributed by atoms with Crippen LogP contribution in [0.5, 0.6) is 0 Å². The smallest absolute Gasteiger partial charge is 0.392 e. The minimum Gasteiger partial charge on any atom is -0.469 e. The molecule has 0 radical (unpaired) electrons. The molecule has 4 rings (SSSR count). The summed E-state index contributed by atoms with van der Waals surface area (Å²) in [7, 11) is 2.91. The topological polar surface area (TPSA) is 89.1 Å². The highest BCUT2D eigenvalue weighted by Gasteiger charge is 2.54. The van der Waals surface area contributed by atoms with Gasteiger partial charge in [0.25, 0.3) is 0 Å². The van der Waals surface area contributed by atoms with Gasteiger partial charge in [-0.25, -0.2) is 8.78 Å². The molecule has 2 N–H and O–H groups in total. The second-order valence-corrected chi connectivity index (χ2v) is 13.8. The summed E-state index contributed by atoms with van der Waals surface area (Å²) in [5, 5.41) is 10.5. The van der Waals surface area contributed by atoms with E-state index in [1.165, 1.54) is 7.11 Å². The zero-order chi connectivity index (χ0) is 31.6. The van der Waals surface area contributed by atoms with Gasteiger partial charge >= 0.3 is 12.1 Å². The maximum atomic E-state index is 16.4. The van der Waals surface area contributed by atoms with E-state index in [-0.39, 0.29) is 60.9 Å². The number of amides is 1. The third kappa shape index (κ3) is 8.07. The summed E-state index contributed by atoms with van der Waals surface area (Å²) >= 11 is 12.7. The Balaban J connectivity index is 1.61. The maximum absolute atomic E-state index is 16.4. The van der Waals surface area contributed by atoms with Gasteiger partial charge in [0.05, 0.1) is 30.7 Å². The van der Waals surface area contributed by atoms with Crippen molar-refractivity contribution in [3.8, 4) is 0 Å². The Morgan fingerprint density at radius 3 is 2.37 bits per heavy atom. The van der Waals surface area contributed by atoms with Gasteiger partial charge in [0.15, 0.2) is 0 Å². The van der Waals surface area contributed by atoms with E-state index in [4.69, 9.17) is 33.3 Å². The molecule has 0 saturated heterocycles. The number of carbonyl (C=O) groups excluding carboxylic acids is 2. The number of nitrogens with one attached hydrogen (secondary N) is 2. The van der Waals surface area contributed by atoms with Crippen molar-refractivity contribution in [2.24, 2.45) is 42.6 Å². The number of hydrogen-bond acceptors (Lipinski definition) is 4. The van der Waals surface area contributed by atoms with Gasteiger partial charge in [-0.2, -0.15) is 13.2 Å². The Morgan fingerprint density at radius 1 is 1.05 bits per heavy atom. The van der Waals surface area contributed by atoms with Crippen LogP contribution in [0.2, 0.25) is 0 Å². The molecule has 0 spiro atoms. The molecule has 11 unspecified atom stereocenters. The summed E-state index contributed by atoms with van der Waals surface area (Å²) in [6, 6.07) is -0.718. The van der Waals surface area contributed by atoms with Crippen LogP contribution >= 0.6 is 23.2 Å². The van der Waals surface area contributed by atoms with Gasteiger partial charge in [-0.1, -0.05) is 0 Å². The number of aromatic nitrogens is 2. The molecule has 3 aliphatic carbocycles. The molecule has 7 nitrogen and oxygen atoms in total. The Morgan fingerprint density at radius 2 is 1.77 bits per heavy atom. The maximum Gasteiger partial charge on any atom is 0.392 e. The largest absolute Gasteiger partial charge is 0.469 e. The Kier molecular flexibility index (Phi) is 11.2. The minimum absolute atomic E-state index is 0.0530. The first-order valence-electron chi connectivity index (χ1n) is 15.0. The van der Waals surface area contributed by atoms with Crippen LogP contribution in [-0.4, -0.2) is 63.4 Å². The summed E-state index contributed by atoms with van der Waals surface area (Å²) in [6.45, 7) is 0.223. The predicted molar refractivity (Wildman–Crippen MR) is 151 cm³/mol. The standard InChI is InChI=1S/C29H41Cl2F5N4O3/c1-39-7-8-40(28(39)37)14-15-9-19(18-5-4-17(32)12-21(18)29(34,35)36)26(33)20(10-15)27(42)38-24(13-25(41)43-2)16-3-6-22(30)23(31)11-16/h7-8,15-24,26,37H,3-6,9-14H2,1-2H3,(H,38,42). The van der Waals surface area contributed by atoms with Crippen LogP contribution in [0.1, 0.15) is 57.8 Å². The van der Waals surface area contributed by atoms with Crippen LogP contribution < -0.4 is 10.9 Å². The number of methoxy groups -OCH3 is 1. The van der Waals surface area contributed by atoms with Crippen molar-refractivity contribution in [1.82, 2.24) is 14.5 Å². The highest BCUT2D eigenvalue weighted by Crippen LogP contribution is 2.51. The average Bonchev–Trinajstić information content (AvgIpc) is 3.26. The lowest BCUT2D eigenvalue weighted by Crippen LogP contribution is -2.53. The van der Waals surface area contributed by atoms with Gasteiger partial charge in [-0.15, -0.1) is 23.2 Å². The molecule has 0 bridgehead atoms. The summed E-state index contributed by atoms with van der Waals surface area (Å²) in [4.78, 5) is 26.1. The third-order valence-electron chi connectivity index (χ3n) is 9.91. The van der Waals surface area contributed by atoms with Gasteiger partial charge in [0, 0.05) is 37.4 Å². The number of hydrogen-bond donors (Lipinski definition) is 2. The number of nitrogens with zero attached hydrogens (tertiary/aromatic N) is 2. The normalized spacial score (nSPS) is 36.1. The van der Waals surface area contributed by atoms with E-state index in [9.17, 15) is 27.2 Å². The van der Waals surface area contributed by atoms with Crippen molar-refractivity contribution in [2.45, 2.75) is 99.6 Å². The SMILES string of the molecule is COC(=O)CC(NC(=O)C1CC(Cn2ccn(C)c2=N)CC(C2CCC(F)CC2C(F)(F)F)C1F)C1CCC(Cl)C(Cl)C1. The minimum atomic E-state index is -4.70. The molecule has 3 aliphatic rings. The number of imidazole rings is 1. The molecule has 1 amide bonds. The van der Waals surface area contributed by atoms with Crippen molar-refractivity contribution in [1.29, 1.82) is 5.41 Å². The molecule has 11 atom stereocenters. The number of alkyl halides is 7. The zero-order valence-electron chi connectivity index (χ0n) is 24.3. The molecule has 43 heavy (non-hydrogen) atoms. The molecule has 3 fully saturated rings. The lowest BCUT2D eigenvalue weighted by Gasteiger charge is -2.46. The molecule has 0 aromatic carbocycles. The fraction of sp³-hybridized carbons (Fsp3) is 0.828. The van der Waals surface area contributed by atoms with Crippen molar-refractivity contribution in [2.75, 3.05) is 7.11 Å². The number of esters is 1. The lowest BCUT2D eigenvalue weighted by atomic mass is 9.62. The molecule has 1 aromatic rings. The van der Waals surface area contributed by atoms with Gasteiger partial charge in [0.1, 0.15) is 12.3 Å². The number of carbonyl (C=O) groups is 2. The zero-order valence-corrected chi connectivity index (χ0v) is 25.9. The van der Waals surface area contributed by atoms with E-state index in [2.05, 4.69) is 5.32 Å². The van der Waals surface area contributed by atoms with Gasteiger partial charge < -0.3 is 19.2 Å². The van der Waals surface area contributed by atoms with Gasteiger partial charge in [0.2, 0.25) is 11.5 Å². The summed E-state index contributed by atoms with van der Waals surface area (Å²) < 4.78 is 81.0. The second kappa shape index (κ2) is 14.1. The molecule has 1 aromatic heterocycles. The van der Waals surface area contributed by atoms with E-state index in [0.29, 0.717) is 19.3 Å². The van der Waals surface area contributed by atoms with Crippen LogP contribution in [0, 0.1) is 40.9 Å². The van der Waals surface area contributed by atoms with Crippen LogP contribution in [0.25, 0.3) is 0 Å². The summed E-state index contributed by atoms with van der Waals surface area (Å²) in [5.41, 5.74) is 0.162. The second-order valence-electron chi connectivity index (χ2n) is 12.7. The Bertz CT molecular complexity index is 1180. The van der Waals surface area contributed by atoms with Crippen LogP contribution in [0.3, 0.4) is 0 Å². The fourth-order valence-corrected chi connectivity index (χ4v) is 8.14. The predicted octanol–water partition coefficient (Wildman–Crippen LogP) is 5.67. The number of ether oxygens (including phenoxy) is 1. The van der Waals surface area contributed by atoms with E-state index in [1.807, 2.05) is 0 Å². The first kappa shape index (κ1) is 34.1. The number of halogens is 7. The van der Waals surface area contributed by atoms with Crippen molar-refractivity contribution in [3.63, 3.8) is 0 Å². The van der Waals surface area contributed by atoms with Gasteiger partial charge in [-0.05, 0) is 75.0 Å². The van der Waals surface area contributed by atoms with E-state index in [1.54, 1.807) is 28.6 Å². The highest BCUT2D eigenvalue weighted by atomic mass is 35.5. The van der Waals surface area contributed by atoms with Crippen molar-refractivity contribution >= 4 is 35.1 Å². The monoisotopic (exact) mass is 658 g/mol. The number of aryl methyl sites for hydroxylation is 1. The quantitative estimate of drug-likeness (QED) is 0.214. The first-order chi connectivity index (χ1) is 20.2. The summed E-state index contributed by atoms with van der Waals surface area (Å²) in [5.74, 6) is -7.45. The number of rotatable bonds is 8. The molecule has 0 aliphatic heterocycles. The highest BCUT2D eigenvalue weighted by molar-refractivity contribution is 6.30. The first-order valence-corrected chi connectivity index (χ1v) is 15.8. The molecule has 1 heterocycles. The summed E-state index contributed by atoms with van der Waals surface area (Å²) in [6.07, 6.45) is -4.26. The average molecular weight is 660 g/mol. The molecular weight excluding hydrogens is 618 g/mol. The van der Waals surface area contributed by atoms with Crippen molar-refractivity contribution in [3.05, 3.63) is 18.0 Å². The van der Waals surface area contributed by atoms with Crippen LogP contribution in [0.15, 0.2) is 12.4 Å². The lowest BCUT2D eigenvalue weighted by molar-refractivity contribution is -0.213. The molecule has 3 saturated carbocycles. The van der Waals surface area contributed by atoms with Crippen molar-refractivity contribution < 1.29 is 36.3 Å². The third-order valence-corrected chi connectivity index (χ3v) is 11.0. The van der Waals surface area contributed by atoms with E-state index >= 15 is 4.39 Å². The van der Waals surface area contributed by atoms with Crippen LogP contribution in [-0.2, 0) is 27.9 Å². The fourth-order valence-electron chi connectivity index (χ4n) is 7.55. The molecule has 244 valence electrons. The molecular formula is C29H41Cl2F5N4O3. The van der Waals surface area contributed by atoms with Gasteiger partial charge in [-0.3, -0.25) is 15.0 Å².